The summed E-state index contributed by atoms with van der Waals surface area (Å²) >= 11 is 0. The lowest BCUT2D eigenvalue weighted by atomic mass is 9.48. The van der Waals surface area contributed by atoms with Crippen LogP contribution in [0.4, 0.5) is 0 Å². The van der Waals surface area contributed by atoms with Gasteiger partial charge in [0.1, 0.15) is 0 Å². The van der Waals surface area contributed by atoms with Gasteiger partial charge in [-0.15, -0.1) is 0 Å². The summed E-state index contributed by atoms with van der Waals surface area (Å²) < 4.78 is 0. The van der Waals surface area contributed by atoms with Gasteiger partial charge in [0.15, 0.2) is 0 Å². The number of hydrogen-bond donors (Lipinski definition) is 0. The molecule has 0 nitrogen and oxygen atoms in total. The smallest absolute Gasteiger partial charge is 0.0230 e. The molecule has 0 aliphatic heterocycles. The largest absolute Gasteiger partial charge is 0.0470 e. The highest BCUT2D eigenvalue weighted by Gasteiger charge is 2.77. The van der Waals surface area contributed by atoms with Gasteiger partial charge < -0.3 is 0 Å². The summed E-state index contributed by atoms with van der Waals surface area (Å²) in [5.74, 6) is 5.00. The lowest BCUT2D eigenvalue weighted by Crippen LogP contribution is -2.49. The zero-order chi connectivity index (χ0) is 5.64. The minimum atomic E-state index is 1.02. The van der Waals surface area contributed by atoms with E-state index in [-0.39, 0.29) is 0 Å². The van der Waals surface area contributed by atoms with Gasteiger partial charge in [-0.05, 0) is 54.8 Å². The summed E-state index contributed by atoms with van der Waals surface area (Å²) in [4.78, 5) is 0. The second-order valence-corrected chi connectivity index (χ2v) is 4.86. The Morgan fingerprint density at radius 2 is 2.00 bits per heavy atom. The first-order chi connectivity index (χ1) is 4.40. The van der Waals surface area contributed by atoms with Gasteiger partial charge in [-0.3, -0.25) is 0 Å². The maximum atomic E-state index is 1.65. The van der Waals surface area contributed by atoms with Crippen LogP contribution in [0.5, 0.6) is 0 Å². The molecule has 0 saturated heterocycles. The third kappa shape index (κ3) is 0.222. The molecule has 0 aromatic rings. The molecule has 0 N–H and O–H groups in total. The van der Waals surface area contributed by atoms with Crippen LogP contribution in [-0.4, -0.2) is 0 Å². The van der Waals surface area contributed by atoms with Gasteiger partial charge in [-0.1, -0.05) is 0 Å². The Labute approximate surface area is 55.6 Å². The molecule has 5 unspecified atom stereocenters. The molecule has 5 atom stereocenters. The molecule has 0 radical (unpaired) electrons. The van der Waals surface area contributed by atoms with Crippen molar-refractivity contribution in [3.05, 3.63) is 0 Å². The van der Waals surface area contributed by atoms with Gasteiger partial charge in [0, 0.05) is 0 Å². The van der Waals surface area contributed by atoms with Crippen LogP contribution in [-0.2, 0) is 0 Å². The normalized spacial score (nSPS) is 80.0. The standard InChI is InChI=1S/C9H12/c1-5-2-7-4-9(7)3-6(1)8(5)9/h5-8H,1-4H2. The molecule has 4 rings (SSSR count). The van der Waals surface area contributed by atoms with E-state index in [0.717, 1.165) is 5.41 Å². The maximum absolute atomic E-state index is 1.65. The zero-order valence-electron chi connectivity index (χ0n) is 5.64. The van der Waals surface area contributed by atoms with Gasteiger partial charge in [0.2, 0.25) is 0 Å². The summed E-state index contributed by atoms with van der Waals surface area (Å²) in [5.41, 5.74) is 1.02. The average Bonchev–Trinajstić information content (AvgIpc) is 2.34. The monoisotopic (exact) mass is 120 g/mol. The molecule has 48 valence electrons. The Hall–Kier alpha value is 0. The lowest BCUT2D eigenvalue weighted by molar-refractivity contribution is -0.0766. The van der Waals surface area contributed by atoms with Gasteiger partial charge in [0.25, 0.3) is 0 Å². The van der Waals surface area contributed by atoms with E-state index in [0.29, 0.717) is 0 Å². The van der Waals surface area contributed by atoms with Crippen molar-refractivity contribution < 1.29 is 0 Å². The minimum Gasteiger partial charge on any atom is -0.0470 e. The highest BCUT2D eigenvalue weighted by molar-refractivity contribution is 5.26. The van der Waals surface area contributed by atoms with E-state index < -0.39 is 0 Å². The van der Waals surface area contributed by atoms with Crippen molar-refractivity contribution in [3.63, 3.8) is 0 Å². The molecule has 0 amide bonds. The van der Waals surface area contributed by atoms with E-state index >= 15 is 0 Å². The molecule has 9 heavy (non-hydrogen) atoms. The summed E-state index contributed by atoms with van der Waals surface area (Å²) in [6, 6.07) is 0. The van der Waals surface area contributed by atoms with Gasteiger partial charge >= 0.3 is 0 Å². The van der Waals surface area contributed by atoms with E-state index in [2.05, 4.69) is 0 Å². The molecular weight excluding hydrogens is 108 g/mol. The van der Waals surface area contributed by atoms with E-state index in [1.54, 1.807) is 25.7 Å². The molecule has 1 spiro atoms. The average molecular weight is 120 g/mol. The van der Waals surface area contributed by atoms with Crippen molar-refractivity contribution in [1.82, 2.24) is 0 Å². The zero-order valence-corrected chi connectivity index (χ0v) is 5.64. The van der Waals surface area contributed by atoms with Crippen LogP contribution in [0.25, 0.3) is 0 Å². The molecule has 4 fully saturated rings. The molecule has 0 aromatic carbocycles. The van der Waals surface area contributed by atoms with Crippen molar-refractivity contribution in [2.24, 2.45) is 29.1 Å². The maximum Gasteiger partial charge on any atom is -0.0230 e. The van der Waals surface area contributed by atoms with Crippen molar-refractivity contribution in [3.8, 4) is 0 Å². The summed E-state index contributed by atoms with van der Waals surface area (Å²) in [5, 5.41) is 0. The third-order valence-electron chi connectivity index (χ3n) is 4.79. The molecule has 0 heterocycles. The Kier molecular flexibility index (Phi) is 0.360. The molecule has 4 saturated carbocycles. The fraction of sp³-hybridized carbons (Fsp3) is 1.00. The molecule has 0 bridgehead atoms. The number of hydrogen-bond acceptors (Lipinski definition) is 0. The van der Waals surface area contributed by atoms with Gasteiger partial charge in [-0.25, -0.2) is 0 Å². The third-order valence-corrected chi connectivity index (χ3v) is 4.79. The lowest BCUT2D eigenvalue weighted by Gasteiger charge is -2.56. The topological polar surface area (TPSA) is 0 Å². The fourth-order valence-electron chi connectivity index (χ4n) is 4.47. The van der Waals surface area contributed by atoms with Crippen molar-refractivity contribution in [2.75, 3.05) is 0 Å². The second-order valence-electron chi connectivity index (χ2n) is 4.86. The van der Waals surface area contributed by atoms with Crippen LogP contribution in [0.15, 0.2) is 0 Å². The van der Waals surface area contributed by atoms with E-state index in [4.69, 9.17) is 0 Å². The van der Waals surface area contributed by atoms with E-state index in [9.17, 15) is 0 Å². The fourth-order valence-corrected chi connectivity index (χ4v) is 4.47. The van der Waals surface area contributed by atoms with Gasteiger partial charge in [0.05, 0.1) is 0 Å². The first kappa shape index (κ1) is 4.00. The van der Waals surface area contributed by atoms with E-state index in [1.165, 1.54) is 23.7 Å². The van der Waals surface area contributed by atoms with Crippen LogP contribution in [0.3, 0.4) is 0 Å². The van der Waals surface area contributed by atoms with Crippen LogP contribution >= 0.6 is 0 Å². The summed E-state index contributed by atoms with van der Waals surface area (Å²) in [6.45, 7) is 0. The molecule has 0 heteroatoms. The predicted molar refractivity (Wildman–Crippen MR) is 34.9 cm³/mol. The quantitative estimate of drug-likeness (QED) is 0.459. The highest BCUT2D eigenvalue weighted by atomic mass is 14.8. The van der Waals surface area contributed by atoms with Crippen LogP contribution < -0.4 is 0 Å². The van der Waals surface area contributed by atoms with E-state index in [1.807, 2.05) is 0 Å². The SMILES string of the molecule is C1C2CC3CC34CC1C24. The van der Waals surface area contributed by atoms with Gasteiger partial charge in [-0.2, -0.15) is 0 Å². The molecule has 4 aliphatic carbocycles. The number of rotatable bonds is 0. The first-order valence-electron chi connectivity index (χ1n) is 4.40. The molecular formula is C9H12. The van der Waals surface area contributed by atoms with Crippen LogP contribution in [0.1, 0.15) is 25.7 Å². The Bertz CT molecular complexity index is 194. The molecule has 4 aliphatic rings. The molecule has 0 aromatic heterocycles. The first-order valence-corrected chi connectivity index (χ1v) is 4.40. The Balaban J connectivity index is 1.91. The Morgan fingerprint density at radius 1 is 1.00 bits per heavy atom. The van der Waals surface area contributed by atoms with Crippen molar-refractivity contribution in [2.45, 2.75) is 25.7 Å². The summed E-state index contributed by atoms with van der Waals surface area (Å²) in [7, 11) is 0. The highest BCUT2D eigenvalue weighted by Crippen LogP contribution is 2.85. The van der Waals surface area contributed by atoms with Crippen molar-refractivity contribution >= 4 is 0 Å². The van der Waals surface area contributed by atoms with Crippen molar-refractivity contribution in [1.29, 1.82) is 0 Å². The predicted octanol–water partition coefficient (Wildman–Crippen LogP) is 2.05. The Morgan fingerprint density at radius 3 is 2.67 bits per heavy atom. The summed E-state index contributed by atoms with van der Waals surface area (Å²) in [6.07, 6.45) is 6.56. The van der Waals surface area contributed by atoms with Crippen LogP contribution in [0.2, 0.25) is 0 Å². The second kappa shape index (κ2) is 0.810. The van der Waals surface area contributed by atoms with Crippen LogP contribution in [0, 0.1) is 29.1 Å². The minimum absolute atomic E-state index is 1.02.